The summed E-state index contributed by atoms with van der Waals surface area (Å²) in [6.07, 6.45) is 5.11. The molecule has 1 saturated carbocycles. The summed E-state index contributed by atoms with van der Waals surface area (Å²) in [7, 11) is 1.44. The number of methoxy groups -OCH3 is 1. The molecule has 1 aliphatic carbocycles. The average Bonchev–Trinajstić information content (AvgIpc) is 2.63. The van der Waals surface area contributed by atoms with E-state index in [4.69, 9.17) is 9.47 Å². The first-order chi connectivity index (χ1) is 11.7. The van der Waals surface area contributed by atoms with Crippen LogP contribution in [0, 0.1) is 5.92 Å². The molecule has 2 aromatic rings. The zero-order valence-corrected chi connectivity index (χ0v) is 13.6. The Labute approximate surface area is 141 Å². The minimum Gasteiger partial charge on any atom is -0.469 e. The van der Waals surface area contributed by atoms with Crippen LogP contribution >= 0.6 is 0 Å². The normalized spacial score (nSPS) is 20.2. The lowest BCUT2D eigenvalue weighted by atomic mass is 9.86. The summed E-state index contributed by atoms with van der Waals surface area (Å²) in [4.78, 5) is 20.2. The molecule has 0 radical (unpaired) electrons. The summed E-state index contributed by atoms with van der Waals surface area (Å²) in [5.74, 6) is 1.69. The van der Waals surface area contributed by atoms with Crippen LogP contribution in [0.3, 0.4) is 0 Å². The van der Waals surface area contributed by atoms with Gasteiger partial charge in [-0.2, -0.15) is 4.98 Å². The molecule has 1 aliphatic rings. The maximum absolute atomic E-state index is 11.6. The minimum absolute atomic E-state index is 0.0155. The van der Waals surface area contributed by atoms with Gasteiger partial charge in [-0.25, -0.2) is 4.98 Å². The van der Waals surface area contributed by atoms with Crippen molar-refractivity contribution in [3.63, 3.8) is 0 Å². The predicted octanol–water partition coefficient (Wildman–Crippen LogP) is 3.41. The molecule has 1 heterocycles. The van der Waals surface area contributed by atoms with Crippen molar-refractivity contribution in [1.82, 2.24) is 9.97 Å². The molecule has 0 bridgehead atoms. The zero-order chi connectivity index (χ0) is 16.8. The van der Waals surface area contributed by atoms with Gasteiger partial charge in [-0.3, -0.25) is 4.79 Å². The molecule has 0 saturated heterocycles. The summed E-state index contributed by atoms with van der Waals surface area (Å²) in [6.45, 7) is 0. The fourth-order valence-electron chi connectivity index (χ4n) is 2.90. The molecular weight excluding hydrogens is 306 g/mol. The standard InChI is InChI=1S/C18H21N3O3/c1-23-17(22)13-7-9-14(10-8-13)20-18-19-12-11-16(21-18)24-15-5-3-2-4-6-15/h2-6,11-14H,7-10H2,1H3,(H,19,20,21). The van der Waals surface area contributed by atoms with Crippen molar-refractivity contribution in [2.45, 2.75) is 31.7 Å². The van der Waals surface area contributed by atoms with Gasteiger partial charge in [0, 0.05) is 18.3 Å². The molecule has 1 N–H and O–H groups in total. The van der Waals surface area contributed by atoms with Crippen molar-refractivity contribution in [1.29, 1.82) is 0 Å². The van der Waals surface area contributed by atoms with Crippen LogP contribution in [0.1, 0.15) is 25.7 Å². The lowest BCUT2D eigenvalue weighted by Gasteiger charge is -2.27. The lowest BCUT2D eigenvalue weighted by Crippen LogP contribution is -2.30. The van der Waals surface area contributed by atoms with Crippen molar-refractivity contribution >= 4 is 11.9 Å². The average molecular weight is 327 g/mol. The van der Waals surface area contributed by atoms with Crippen molar-refractivity contribution in [2.75, 3.05) is 12.4 Å². The van der Waals surface area contributed by atoms with E-state index in [0.29, 0.717) is 11.8 Å². The predicted molar refractivity (Wildman–Crippen MR) is 89.9 cm³/mol. The molecule has 0 atom stereocenters. The fourth-order valence-corrected chi connectivity index (χ4v) is 2.90. The summed E-state index contributed by atoms with van der Waals surface area (Å²) in [5, 5.41) is 3.33. The molecule has 6 nitrogen and oxygen atoms in total. The Morgan fingerprint density at radius 1 is 1.12 bits per heavy atom. The molecule has 126 valence electrons. The van der Waals surface area contributed by atoms with E-state index in [0.717, 1.165) is 31.4 Å². The van der Waals surface area contributed by atoms with E-state index in [1.807, 2.05) is 30.3 Å². The van der Waals surface area contributed by atoms with E-state index in [1.54, 1.807) is 12.3 Å². The Hall–Kier alpha value is -2.63. The van der Waals surface area contributed by atoms with Gasteiger partial charge >= 0.3 is 5.97 Å². The van der Waals surface area contributed by atoms with Crippen LogP contribution in [0.15, 0.2) is 42.6 Å². The van der Waals surface area contributed by atoms with Crippen molar-refractivity contribution in [2.24, 2.45) is 5.92 Å². The number of aromatic nitrogens is 2. The van der Waals surface area contributed by atoms with Gasteiger partial charge in [0.05, 0.1) is 13.0 Å². The van der Waals surface area contributed by atoms with Crippen molar-refractivity contribution in [3.8, 4) is 11.6 Å². The largest absolute Gasteiger partial charge is 0.469 e. The highest BCUT2D eigenvalue weighted by Gasteiger charge is 2.27. The number of para-hydroxylation sites is 1. The number of carbonyl (C=O) groups excluding carboxylic acids is 1. The first-order valence-electron chi connectivity index (χ1n) is 8.15. The number of esters is 1. The van der Waals surface area contributed by atoms with Crippen molar-refractivity contribution < 1.29 is 14.3 Å². The van der Waals surface area contributed by atoms with E-state index in [1.165, 1.54) is 7.11 Å². The number of carbonyl (C=O) groups is 1. The van der Waals surface area contributed by atoms with Crippen LogP contribution < -0.4 is 10.1 Å². The molecule has 24 heavy (non-hydrogen) atoms. The molecule has 0 unspecified atom stereocenters. The fraction of sp³-hybridized carbons (Fsp3) is 0.389. The van der Waals surface area contributed by atoms with Crippen LogP contribution in [0.5, 0.6) is 11.6 Å². The van der Waals surface area contributed by atoms with E-state index >= 15 is 0 Å². The van der Waals surface area contributed by atoms with Crippen molar-refractivity contribution in [3.05, 3.63) is 42.6 Å². The Bertz CT molecular complexity index is 670. The van der Waals surface area contributed by atoms with E-state index < -0.39 is 0 Å². The Kier molecular flexibility index (Phi) is 5.25. The minimum atomic E-state index is -0.108. The molecule has 0 amide bonds. The third-order valence-corrected chi connectivity index (χ3v) is 4.19. The highest BCUT2D eigenvalue weighted by atomic mass is 16.5. The Morgan fingerprint density at radius 2 is 1.88 bits per heavy atom. The number of benzene rings is 1. The van der Waals surface area contributed by atoms with Gasteiger partial charge in [-0.1, -0.05) is 18.2 Å². The smallest absolute Gasteiger partial charge is 0.308 e. The molecule has 1 aromatic heterocycles. The van der Waals surface area contributed by atoms with Crippen LogP contribution in [0.25, 0.3) is 0 Å². The first-order valence-corrected chi connectivity index (χ1v) is 8.15. The van der Waals surface area contributed by atoms with Gasteiger partial charge in [0.2, 0.25) is 11.8 Å². The van der Waals surface area contributed by atoms with Crippen LogP contribution in [0.2, 0.25) is 0 Å². The summed E-state index contributed by atoms with van der Waals surface area (Å²) < 4.78 is 10.5. The molecule has 0 aliphatic heterocycles. The number of anilines is 1. The highest BCUT2D eigenvalue weighted by Crippen LogP contribution is 2.27. The molecule has 1 aromatic carbocycles. The second-order valence-electron chi connectivity index (χ2n) is 5.85. The van der Waals surface area contributed by atoms with Gasteiger partial charge in [-0.15, -0.1) is 0 Å². The summed E-state index contributed by atoms with van der Waals surface area (Å²) in [5.41, 5.74) is 0. The topological polar surface area (TPSA) is 73.3 Å². The number of ether oxygens (including phenoxy) is 2. The van der Waals surface area contributed by atoms with Gasteiger partial charge in [0.15, 0.2) is 0 Å². The molecular formula is C18H21N3O3. The lowest BCUT2D eigenvalue weighted by molar-refractivity contribution is -0.146. The molecule has 0 spiro atoms. The number of hydrogen-bond donors (Lipinski definition) is 1. The van der Waals surface area contributed by atoms with Crippen LogP contribution in [0.4, 0.5) is 5.95 Å². The third-order valence-electron chi connectivity index (χ3n) is 4.19. The third kappa shape index (κ3) is 4.22. The van der Waals surface area contributed by atoms with Crippen LogP contribution in [-0.4, -0.2) is 29.1 Å². The monoisotopic (exact) mass is 327 g/mol. The Balaban J connectivity index is 1.56. The van der Waals surface area contributed by atoms with Gasteiger partial charge < -0.3 is 14.8 Å². The highest BCUT2D eigenvalue weighted by molar-refractivity contribution is 5.72. The van der Waals surface area contributed by atoms with E-state index in [-0.39, 0.29) is 17.9 Å². The second kappa shape index (κ2) is 7.77. The summed E-state index contributed by atoms with van der Waals surface area (Å²) in [6, 6.07) is 11.5. The zero-order valence-electron chi connectivity index (χ0n) is 13.6. The molecule has 1 fully saturated rings. The first kappa shape index (κ1) is 16.2. The van der Waals surface area contributed by atoms with E-state index in [2.05, 4.69) is 15.3 Å². The summed E-state index contributed by atoms with van der Waals surface area (Å²) >= 11 is 0. The maximum atomic E-state index is 11.6. The second-order valence-corrected chi connectivity index (χ2v) is 5.85. The molecule has 6 heteroatoms. The van der Waals surface area contributed by atoms with Gasteiger partial charge in [-0.05, 0) is 37.8 Å². The Morgan fingerprint density at radius 3 is 2.58 bits per heavy atom. The number of nitrogens with zero attached hydrogens (tertiary/aromatic N) is 2. The maximum Gasteiger partial charge on any atom is 0.308 e. The quantitative estimate of drug-likeness (QED) is 0.848. The van der Waals surface area contributed by atoms with Gasteiger partial charge in [0.25, 0.3) is 0 Å². The van der Waals surface area contributed by atoms with Gasteiger partial charge in [0.1, 0.15) is 5.75 Å². The number of hydrogen-bond acceptors (Lipinski definition) is 6. The number of rotatable bonds is 5. The number of nitrogens with one attached hydrogen (secondary N) is 1. The van der Waals surface area contributed by atoms with E-state index in [9.17, 15) is 4.79 Å². The SMILES string of the molecule is COC(=O)C1CCC(Nc2nccc(Oc3ccccc3)n2)CC1. The van der Waals surface area contributed by atoms with Crippen LogP contribution in [-0.2, 0) is 9.53 Å². The molecule has 3 rings (SSSR count).